The van der Waals surface area contributed by atoms with Gasteiger partial charge in [-0.05, 0) is 80.2 Å². The van der Waals surface area contributed by atoms with Gasteiger partial charge in [0.05, 0.1) is 37.7 Å². The van der Waals surface area contributed by atoms with Crippen LogP contribution in [0.3, 0.4) is 0 Å². The minimum atomic E-state index is -0.187. The summed E-state index contributed by atoms with van der Waals surface area (Å²) < 4.78 is 13.5. The lowest BCUT2D eigenvalue weighted by Gasteiger charge is -2.29. The van der Waals surface area contributed by atoms with Gasteiger partial charge in [0.1, 0.15) is 11.5 Å². The number of rotatable bonds is 6. The molecule has 0 bridgehead atoms. The number of halogens is 1. The second-order valence-electron chi connectivity index (χ2n) is 8.68. The van der Waals surface area contributed by atoms with Gasteiger partial charge in [0.15, 0.2) is 5.11 Å². The average molecular weight is 519 g/mol. The predicted molar refractivity (Wildman–Crippen MR) is 148 cm³/mol. The van der Waals surface area contributed by atoms with Gasteiger partial charge < -0.3 is 24.3 Å². The van der Waals surface area contributed by atoms with Gasteiger partial charge in [0.25, 0.3) is 0 Å². The van der Waals surface area contributed by atoms with Gasteiger partial charge in [-0.3, -0.25) is 4.98 Å². The molecule has 0 spiro atoms. The number of benzene rings is 2. The largest absolute Gasteiger partial charge is 0.497 e. The van der Waals surface area contributed by atoms with E-state index in [2.05, 4.69) is 45.7 Å². The summed E-state index contributed by atoms with van der Waals surface area (Å²) in [5.41, 5.74) is 6.06. The molecule has 1 aliphatic rings. The van der Waals surface area contributed by atoms with Crippen LogP contribution in [-0.2, 0) is 0 Å². The second kappa shape index (κ2) is 9.84. The minimum Gasteiger partial charge on any atom is -0.497 e. The summed E-state index contributed by atoms with van der Waals surface area (Å²) >= 11 is 12.3. The summed E-state index contributed by atoms with van der Waals surface area (Å²) in [7, 11) is 3.31. The summed E-state index contributed by atoms with van der Waals surface area (Å²) in [6, 6.07) is 21.4. The summed E-state index contributed by atoms with van der Waals surface area (Å²) in [5, 5.41) is 4.82. The van der Waals surface area contributed by atoms with Gasteiger partial charge >= 0.3 is 0 Å². The predicted octanol–water partition coefficient (Wildman–Crippen LogP) is 6.34. The van der Waals surface area contributed by atoms with Gasteiger partial charge in [0, 0.05) is 34.4 Å². The van der Waals surface area contributed by atoms with Crippen molar-refractivity contribution >= 4 is 34.6 Å². The molecule has 0 aliphatic carbocycles. The van der Waals surface area contributed by atoms with E-state index in [0.717, 1.165) is 39.8 Å². The maximum Gasteiger partial charge on any atom is 0.174 e. The van der Waals surface area contributed by atoms with E-state index in [1.165, 1.54) is 0 Å². The monoisotopic (exact) mass is 518 g/mol. The standard InChI is InChI=1S/C28H27ClN4O2S/c1-17-14-22(18(2)32(17)20-9-7-8-19(29)15-20)27-26(23-10-5-6-13-30-23)31-28(36)33(27)24-16-21(34-3)11-12-25(24)35-4/h5-16,26-27H,1-4H3,(H,31,36)/t26-,27-/m0/s1. The summed E-state index contributed by atoms with van der Waals surface area (Å²) in [4.78, 5) is 6.79. The van der Waals surface area contributed by atoms with Crippen molar-refractivity contribution < 1.29 is 9.47 Å². The van der Waals surface area contributed by atoms with Crippen molar-refractivity contribution in [2.75, 3.05) is 19.1 Å². The number of hydrogen-bond acceptors (Lipinski definition) is 4. The van der Waals surface area contributed by atoms with Crippen molar-refractivity contribution in [3.05, 3.63) is 101 Å². The molecule has 2 atom stereocenters. The molecule has 2 aromatic heterocycles. The Labute approximate surface area is 221 Å². The Morgan fingerprint density at radius 3 is 2.50 bits per heavy atom. The zero-order chi connectivity index (χ0) is 25.4. The Morgan fingerprint density at radius 1 is 0.972 bits per heavy atom. The molecule has 1 fully saturated rings. The van der Waals surface area contributed by atoms with Crippen molar-refractivity contribution in [1.82, 2.24) is 14.9 Å². The third kappa shape index (κ3) is 4.18. The number of nitrogens with one attached hydrogen (secondary N) is 1. The molecular formula is C28H27ClN4O2S. The molecule has 1 saturated heterocycles. The molecule has 3 heterocycles. The van der Waals surface area contributed by atoms with Crippen molar-refractivity contribution in [3.63, 3.8) is 0 Å². The summed E-state index contributed by atoms with van der Waals surface area (Å²) in [6.07, 6.45) is 1.81. The Morgan fingerprint density at radius 2 is 1.81 bits per heavy atom. The number of hydrogen-bond donors (Lipinski definition) is 1. The topological polar surface area (TPSA) is 51.6 Å². The number of nitrogens with zero attached hydrogens (tertiary/aromatic N) is 3. The number of anilines is 1. The van der Waals surface area contributed by atoms with Crippen LogP contribution in [0.4, 0.5) is 5.69 Å². The van der Waals surface area contributed by atoms with Crippen LogP contribution in [0.5, 0.6) is 11.5 Å². The highest BCUT2D eigenvalue weighted by molar-refractivity contribution is 7.80. The number of thiocarbonyl (C=S) groups is 1. The van der Waals surface area contributed by atoms with Crippen molar-refractivity contribution in [3.8, 4) is 17.2 Å². The molecule has 1 aliphatic heterocycles. The molecule has 5 rings (SSSR count). The lowest BCUT2D eigenvalue weighted by atomic mass is 9.96. The Hall–Kier alpha value is -3.55. The highest BCUT2D eigenvalue weighted by Gasteiger charge is 2.43. The molecule has 8 heteroatoms. The van der Waals surface area contributed by atoms with E-state index in [1.54, 1.807) is 20.4 Å². The van der Waals surface area contributed by atoms with Crippen LogP contribution in [0, 0.1) is 13.8 Å². The van der Waals surface area contributed by atoms with Gasteiger partial charge in [-0.1, -0.05) is 23.7 Å². The molecule has 4 aromatic rings. The third-order valence-electron chi connectivity index (χ3n) is 6.60. The van der Waals surface area contributed by atoms with Crippen molar-refractivity contribution in [1.29, 1.82) is 0 Å². The first-order valence-corrected chi connectivity index (χ1v) is 12.4. The van der Waals surface area contributed by atoms with E-state index in [-0.39, 0.29) is 12.1 Å². The van der Waals surface area contributed by atoms with Crippen LogP contribution in [0.25, 0.3) is 5.69 Å². The number of ether oxygens (including phenoxy) is 2. The van der Waals surface area contributed by atoms with Crippen LogP contribution >= 0.6 is 23.8 Å². The number of pyridine rings is 1. The molecule has 1 N–H and O–H groups in total. The first-order chi connectivity index (χ1) is 17.4. The highest BCUT2D eigenvalue weighted by atomic mass is 35.5. The molecule has 2 aromatic carbocycles. The van der Waals surface area contributed by atoms with Crippen LogP contribution in [0.15, 0.2) is 72.9 Å². The van der Waals surface area contributed by atoms with Crippen LogP contribution in [0.2, 0.25) is 5.02 Å². The van der Waals surface area contributed by atoms with E-state index >= 15 is 0 Å². The minimum absolute atomic E-state index is 0.178. The lowest BCUT2D eigenvalue weighted by Crippen LogP contribution is -2.30. The zero-order valence-corrected chi connectivity index (χ0v) is 22.1. The lowest BCUT2D eigenvalue weighted by molar-refractivity contribution is 0.403. The van der Waals surface area contributed by atoms with Crippen LogP contribution in [0.1, 0.15) is 34.7 Å². The second-order valence-corrected chi connectivity index (χ2v) is 9.50. The number of methoxy groups -OCH3 is 2. The maximum absolute atomic E-state index is 6.34. The third-order valence-corrected chi connectivity index (χ3v) is 7.15. The van der Waals surface area contributed by atoms with Crippen molar-refractivity contribution in [2.24, 2.45) is 0 Å². The number of aryl methyl sites for hydroxylation is 1. The zero-order valence-electron chi connectivity index (χ0n) is 20.5. The van der Waals surface area contributed by atoms with Gasteiger partial charge in [-0.15, -0.1) is 0 Å². The molecular weight excluding hydrogens is 492 g/mol. The number of aromatic nitrogens is 2. The normalized spacial score (nSPS) is 17.2. The van der Waals surface area contributed by atoms with E-state index in [1.807, 2.05) is 54.6 Å². The molecule has 6 nitrogen and oxygen atoms in total. The van der Waals surface area contributed by atoms with Crippen molar-refractivity contribution in [2.45, 2.75) is 25.9 Å². The molecule has 36 heavy (non-hydrogen) atoms. The van der Waals surface area contributed by atoms with E-state index in [0.29, 0.717) is 15.9 Å². The fraction of sp³-hybridized carbons (Fsp3) is 0.214. The molecule has 0 amide bonds. The SMILES string of the molecule is COc1ccc(OC)c(N2C(=S)N[C@@H](c3ccccn3)[C@@H]2c2cc(C)n(-c3cccc(Cl)c3)c2C)c1. The highest BCUT2D eigenvalue weighted by Crippen LogP contribution is 2.47. The Bertz CT molecular complexity index is 1420. The first kappa shape index (κ1) is 24.2. The van der Waals surface area contributed by atoms with E-state index in [9.17, 15) is 0 Å². The molecule has 0 radical (unpaired) electrons. The van der Waals surface area contributed by atoms with Crippen LogP contribution in [-0.4, -0.2) is 28.9 Å². The smallest absolute Gasteiger partial charge is 0.174 e. The van der Waals surface area contributed by atoms with Crippen LogP contribution < -0.4 is 19.7 Å². The quantitative estimate of drug-likeness (QED) is 0.301. The van der Waals surface area contributed by atoms with Gasteiger partial charge in [-0.25, -0.2) is 0 Å². The molecule has 0 saturated carbocycles. The van der Waals surface area contributed by atoms with Gasteiger partial charge in [-0.2, -0.15) is 0 Å². The maximum atomic E-state index is 6.34. The average Bonchev–Trinajstić information content (AvgIpc) is 3.38. The fourth-order valence-corrected chi connectivity index (χ4v) is 5.54. The summed E-state index contributed by atoms with van der Waals surface area (Å²) in [6.45, 7) is 4.23. The van der Waals surface area contributed by atoms with Gasteiger partial charge in [0.2, 0.25) is 0 Å². The van der Waals surface area contributed by atoms with E-state index < -0.39 is 0 Å². The fourth-order valence-electron chi connectivity index (χ4n) is 5.02. The molecule has 184 valence electrons. The Balaban J connectivity index is 1.72. The summed E-state index contributed by atoms with van der Waals surface area (Å²) in [5.74, 6) is 1.42. The Kier molecular flexibility index (Phi) is 6.60. The van der Waals surface area contributed by atoms with E-state index in [4.69, 9.17) is 33.3 Å². The molecule has 0 unspecified atom stereocenters. The first-order valence-electron chi connectivity index (χ1n) is 11.6.